The van der Waals surface area contributed by atoms with Gasteiger partial charge in [-0.1, -0.05) is 12.8 Å². The predicted molar refractivity (Wildman–Crippen MR) is 37.9 cm³/mol. The van der Waals surface area contributed by atoms with E-state index in [4.69, 9.17) is 11.5 Å². The van der Waals surface area contributed by atoms with Crippen molar-refractivity contribution in [2.45, 2.75) is 31.7 Å². The van der Waals surface area contributed by atoms with Gasteiger partial charge in [0.15, 0.2) is 0 Å². The zero-order valence-corrected chi connectivity index (χ0v) is 5.77. The Bertz CT molecular complexity index is 83.0. The first-order valence-electron chi connectivity index (χ1n) is 3.74. The molecule has 2 nitrogen and oxygen atoms in total. The average Bonchev–Trinajstić information content (AvgIpc) is 1.89. The quantitative estimate of drug-likeness (QED) is 0.556. The summed E-state index contributed by atoms with van der Waals surface area (Å²) in [5, 5.41) is 0. The van der Waals surface area contributed by atoms with Crippen LogP contribution in [0.3, 0.4) is 0 Å². The highest BCUT2D eigenvalue weighted by Gasteiger charge is 2.19. The second-order valence-electron chi connectivity index (χ2n) is 2.91. The second kappa shape index (κ2) is 3.18. The van der Waals surface area contributed by atoms with E-state index in [1.54, 1.807) is 0 Å². The molecule has 0 heterocycles. The Labute approximate surface area is 56.6 Å². The third kappa shape index (κ3) is 1.66. The summed E-state index contributed by atoms with van der Waals surface area (Å²) >= 11 is 0. The molecule has 1 fully saturated rings. The molecule has 0 saturated heterocycles. The topological polar surface area (TPSA) is 49.8 Å². The van der Waals surface area contributed by atoms with Gasteiger partial charge in [-0.15, -0.1) is 0 Å². The molecule has 1 aliphatic rings. The minimum Gasteiger partial charge on any atom is -0.327 e. The van der Waals surface area contributed by atoms with Crippen LogP contribution < -0.4 is 11.5 Å². The lowest BCUT2D eigenvalue weighted by Gasteiger charge is -2.26. The van der Waals surface area contributed by atoms with E-state index in [-0.39, 0.29) is 0 Å². The summed E-state index contributed by atoms with van der Waals surface area (Å²) in [7, 11) is 0. The van der Waals surface area contributed by atoms with Gasteiger partial charge in [0.2, 0.25) is 0 Å². The van der Waals surface area contributed by atoms with Crippen LogP contribution in [0.1, 0.15) is 25.7 Å². The first-order valence-corrected chi connectivity index (χ1v) is 3.74. The third-order valence-corrected chi connectivity index (χ3v) is 2.23. The Hall–Kier alpha value is -0.0800. The van der Waals surface area contributed by atoms with Crippen LogP contribution in [0.5, 0.6) is 0 Å². The highest BCUT2D eigenvalue weighted by molar-refractivity contribution is 4.77. The van der Waals surface area contributed by atoms with Gasteiger partial charge in [0.05, 0.1) is 0 Å². The van der Waals surface area contributed by atoms with E-state index in [2.05, 4.69) is 0 Å². The molecule has 0 bridgehead atoms. The van der Waals surface area contributed by atoms with Crippen molar-refractivity contribution in [3.8, 4) is 0 Å². The smallest absolute Gasteiger partial charge is 0.0143 e. The number of nitrogens with one attached hydrogen (secondary N) is 1. The minimum absolute atomic E-state index is 0.330. The van der Waals surface area contributed by atoms with Gasteiger partial charge in [0.25, 0.3) is 0 Å². The van der Waals surface area contributed by atoms with Crippen molar-refractivity contribution >= 4 is 0 Å². The lowest BCUT2D eigenvalue weighted by molar-refractivity contribution is 0.312. The van der Waals surface area contributed by atoms with Gasteiger partial charge in [0, 0.05) is 12.6 Å². The number of hydrogen-bond acceptors (Lipinski definition) is 1. The fourth-order valence-corrected chi connectivity index (χ4v) is 1.49. The molecule has 1 aliphatic carbocycles. The van der Waals surface area contributed by atoms with Gasteiger partial charge >= 0.3 is 0 Å². The summed E-state index contributed by atoms with van der Waals surface area (Å²) in [5.41, 5.74) is 12.9. The first kappa shape index (κ1) is 7.03. The summed E-state index contributed by atoms with van der Waals surface area (Å²) in [4.78, 5) is 0. The van der Waals surface area contributed by atoms with E-state index in [1.807, 2.05) is 0 Å². The van der Waals surface area contributed by atoms with Crippen molar-refractivity contribution in [2.75, 3.05) is 6.54 Å². The molecular weight excluding hydrogens is 112 g/mol. The molecule has 0 spiro atoms. The molecule has 0 aromatic heterocycles. The molecule has 1 radical (unpaired) electrons. The molecule has 0 aliphatic heterocycles. The first-order chi connectivity index (χ1) is 4.34. The molecule has 0 aromatic carbocycles. The van der Waals surface area contributed by atoms with E-state index >= 15 is 0 Å². The molecule has 2 unspecified atom stereocenters. The second-order valence-corrected chi connectivity index (χ2v) is 2.91. The number of nitrogens with two attached hydrogens (primary N) is 1. The van der Waals surface area contributed by atoms with Crippen LogP contribution in [-0.2, 0) is 0 Å². The van der Waals surface area contributed by atoms with Gasteiger partial charge in [-0.3, -0.25) is 5.73 Å². The number of hydrogen-bond donors (Lipinski definition) is 1. The van der Waals surface area contributed by atoms with Gasteiger partial charge in [0.1, 0.15) is 0 Å². The summed E-state index contributed by atoms with van der Waals surface area (Å²) < 4.78 is 0. The molecule has 0 aromatic rings. The van der Waals surface area contributed by atoms with Gasteiger partial charge in [-0.05, 0) is 18.8 Å². The molecule has 0 amide bonds. The van der Waals surface area contributed by atoms with Crippen molar-refractivity contribution in [2.24, 2.45) is 11.7 Å². The summed E-state index contributed by atoms with van der Waals surface area (Å²) in [5.74, 6) is 0.499. The van der Waals surface area contributed by atoms with Gasteiger partial charge < -0.3 is 5.73 Å². The summed E-state index contributed by atoms with van der Waals surface area (Å²) in [6.45, 7) is 0.529. The molecule has 9 heavy (non-hydrogen) atoms. The number of rotatable bonds is 1. The fourth-order valence-electron chi connectivity index (χ4n) is 1.49. The molecule has 3 N–H and O–H groups in total. The lowest BCUT2D eigenvalue weighted by atomic mass is 9.85. The van der Waals surface area contributed by atoms with Gasteiger partial charge in [-0.25, -0.2) is 0 Å². The fraction of sp³-hybridized carbons (Fsp3) is 1.00. The molecule has 1 saturated carbocycles. The van der Waals surface area contributed by atoms with Crippen molar-refractivity contribution < 1.29 is 0 Å². The van der Waals surface area contributed by atoms with Crippen molar-refractivity contribution in [3.63, 3.8) is 0 Å². The maximum Gasteiger partial charge on any atom is 0.0143 e. The third-order valence-electron chi connectivity index (χ3n) is 2.23. The van der Waals surface area contributed by atoms with Crippen molar-refractivity contribution in [3.05, 3.63) is 0 Å². The monoisotopic (exact) mass is 127 g/mol. The molecular formula is C7H15N2. The van der Waals surface area contributed by atoms with Crippen molar-refractivity contribution in [1.29, 1.82) is 0 Å². The lowest BCUT2D eigenvalue weighted by Crippen LogP contribution is -2.35. The van der Waals surface area contributed by atoms with Crippen LogP contribution in [-0.4, -0.2) is 12.6 Å². The Kier molecular flexibility index (Phi) is 2.49. The maximum absolute atomic E-state index is 7.15. The van der Waals surface area contributed by atoms with E-state index in [0.29, 0.717) is 18.5 Å². The normalized spacial score (nSPS) is 36.7. The van der Waals surface area contributed by atoms with Crippen LogP contribution in [0.25, 0.3) is 0 Å². The summed E-state index contributed by atoms with van der Waals surface area (Å²) in [6, 6.07) is 0.330. The van der Waals surface area contributed by atoms with Crippen LogP contribution in [0.2, 0.25) is 0 Å². The van der Waals surface area contributed by atoms with Crippen LogP contribution in [0.4, 0.5) is 0 Å². The highest BCUT2D eigenvalue weighted by Crippen LogP contribution is 2.21. The Balaban J connectivity index is 2.30. The van der Waals surface area contributed by atoms with E-state index in [9.17, 15) is 0 Å². The van der Waals surface area contributed by atoms with E-state index in [0.717, 1.165) is 6.42 Å². The molecule has 1 rings (SSSR count). The van der Waals surface area contributed by atoms with Crippen molar-refractivity contribution in [1.82, 2.24) is 5.73 Å². The zero-order valence-electron chi connectivity index (χ0n) is 5.77. The zero-order chi connectivity index (χ0) is 6.69. The van der Waals surface area contributed by atoms with Crippen LogP contribution >= 0.6 is 0 Å². The predicted octanol–water partition coefficient (Wildman–Crippen LogP) is 0.787. The largest absolute Gasteiger partial charge is 0.327 e. The Morgan fingerprint density at radius 1 is 1.33 bits per heavy atom. The summed E-state index contributed by atoms with van der Waals surface area (Å²) in [6.07, 6.45) is 4.89. The van der Waals surface area contributed by atoms with Crippen LogP contribution in [0, 0.1) is 5.92 Å². The maximum atomic E-state index is 7.15. The average molecular weight is 127 g/mol. The molecule has 2 atom stereocenters. The molecule has 53 valence electrons. The van der Waals surface area contributed by atoms with Gasteiger partial charge in [-0.2, -0.15) is 0 Å². The molecule has 2 heteroatoms. The standard InChI is InChI=1S/C7H15N2/c8-5-6-3-1-2-4-7(6)9/h6-8H,1-5,9H2. The Morgan fingerprint density at radius 2 is 2.00 bits per heavy atom. The SMILES string of the molecule is [NH]CC1CCCCC1N. The van der Waals surface area contributed by atoms with E-state index in [1.165, 1.54) is 19.3 Å². The Morgan fingerprint density at radius 3 is 2.44 bits per heavy atom. The van der Waals surface area contributed by atoms with Crippen LogP contribution in [0.15, 0.2) is 0 Å². The minimum atomic E-state index is 0.330. The highest BCUT2D eigenvalue weighted by atomic mass is 14.7. The van der Waals surface area contributed by atoms with E-state index < -0.39 is 0 Å².